The highest BCUT2D eigenvalue weighted by atomic mass is 79.9. The van der Waals surface area contributed by atoms with Gasteiger partial charge in [0, 0.05) is 10.4 Å². The van der Waals surface area contributed by atoms with Crippen molar-refractivity contribution < 1.29 is 4.74 Å². The number of hydrogen-bond acceptors (Lipinski definition) is 1. The summed E-state index contributed by atoms with van der Waals surface area (Å²) < 4.78 is 5.73. The van der Waals surface area contributed by atoms with Crippen molar-refractivity contribution in [2.75, 3.05) is 11.9 Å². The fourth-order valence-corrected chi connectivity index (χ4v) is 2.94. The Morgan fingerprint density at radius 3 is 2.38 bits per heavy atom. The molecule has 0 fully saturated rings. The van der Waals surface area contributed by atoms with E-state index in [9.17, 15) is 0 Å². The molecule has 0 aliphatic rings. The topological polar surface area (TPSA) is 9.23 Å². The molecule has 0 aromatic heterocycles. The lowest BCUT2D eigenvalue weighted by atomic mass is 9.97. The molecule has 0 aliphatic carbocycles. The number of hydrogen-bond donors (Lipinski definition) is 0. The van der Waals surface area contributed by atoms with Gasteiger partial charge in [-0.15, -0.1) is 0 Å². The second-order valence-electron chi connectivity index (χ2n) is 5.15. The van der Waals surface area contributed by atoms with Gasteiger partial charge in [-0.25, -0.2) is 0 Å². The molecule has 112 valence electrons. The summed E-state index contributed by atoms with van der Waals surface area (Å²) in [6.45, 7) is 0.772. The fourth-order valence-electron chi connectivity index (χ4n) is 2.27. The molecule has 1 atom stereocenters. The van der Waals surface area contributed by atoms with Crippen LogP contribution in [0.5, 0.6) is 5.75 Å². The quantitative estimate of drug-likeness (QED) is 0.426. The summed E-state index contributed by atoms with van der Waals surface area (Å²) in [5, 5.41) is 1.81. The lowest BCUT2D eigenvalue weighted by Crippen LogP contribution is -2.08. The van der Waals surface area contributed by atoms with Gasteiger partial charge in [-0.3, -0.25) is 0 Å². The molecule has 3 heteroatoms. The zero-order valence-corrected chi connectivity index (χ0v) is 14.3. The molecule has 0 spiro atoms. The van der Waals surface area contributed by atoms with E-state index in [0.29, 0.717) is 5.92 Å². The first kappa shape index (κ1) is 16.4. The van der Waals surface area contributed by atoms with Gasteiger partial charge in [-0.05, 0) is 55.0 Å². The summed E-state index contributed by atoms with van der Waals surface area (Å²) in [5.74, 6) is 1.58. The Hall–Kier alpha value is -0.990. The predicted octanol–water partition coefficient (Wildman–Crippen LogP) is 5.75. The van der Waals surface area contributed by atoms with Crippen molar-refractivity contribution in [1.29, 1.82) is 0 Å². The van der Waals surface area contributed by atoms with Gasteiger partial charge in [0.2, 0.25) is 0 Å². The van der Waals surface area contributed by atoms with E-state index in [2.05, 4.69) is 28.1 Å². The van der Waals surface area contributed by atoms with Gasteiger partial charge in [0.1, 0.15) is 5.75 Å². The number of benzene rings is 2. The molecule has 21 heavy (non-hydrogen) atoms. The van der Waals surface area contributed by atoms with Crippen LogP contribution in [0.3, 0.4) is 0 Å². The first-order valence-corrected chi connectivity index (χ1v) is 8.76. The Kier molecular flexibility index (Phi) is 7.11. The molecule has 0 bridgehead atoms. The van der Waals surface area contributed by atoms with Crippen LogP contribution in [0.25, 0.3) is 0 Å². The monoisotopic (exact) mass is 366 g/mol. The number of para-hydroxylation sites is 1. The van der Waals surface area contributed by atoms with Crippen LogP contribution in [0, 0.1) is 5.92 Å². The molecule has 2 rings (SSSR count). The van der Waals surface area contributed by atoms with E-state index in [0.717, 1.165) is 42.0 Å². The summed E-state index contributed by atoms with van der Waals surface area (Å²) in [5.41, 5.74) is 1.34. The van der Waals surface area contributed by atoms with Crippen LogP contribution in [0.4, 0.5) is 0 Å². The van der Waals surface area contributed by atoms with Crippen molar-refractivity contribution in [2.24, 2.45) is 5.92 Å². The molecular formula is C18H20BrClO. The highest BCUT2D eigenvalue weighted by Gasteiger charge is 2.08. The minimum absolute atomic E-state index is 0.630. The third kappa shape index (κ3) is 6.11. The third-order valence-electron chi connectivity index (χ3n) is 3.42. The third-order valence-corrected chi connectivity index (χ3v) is 4.59. The highest BCUT2D eigenvalue weighted by molar-refractivity contribution is 9.09. The van der Waals surface area contributed by atoms with Crippen LogP contribution in [0.1, 0.15) is 18.4 Å². The average molecular weight is 368 g/mol. The first-order chi connectivity index (χ1) is 10.3. The van der Waals surface area contributed by atoms with E-state index >= 15 is 0 Å². The lowest BCUT2D eigenvalue weighted by molar-refractivity contribution is 0.295. The molecule has 0 radical (unpaired) electrons. The van der Waals surface area contributed by atoms with Crippen LogP contribution < -0.4 is 4.74 Å². The van der Waals surface area contributed by atoms with E-state index in [1.54, 1.807) is 0 Å². The molecule has 0 saturated carbocycles. The van der Waals surface area contributed by atoms with Crippen LogP contribution in [-0.2, 0) is 6.42 Å². The zero-order valence-electron chi connectivity index (χ0n) is 12.0. The van der Waals surface area contributed by atoms with E-state index in [1.807, 2.05) is 42.5 Å². The van der Waals surface area contributed by atoms with Gasteiger partial charge in [-0.1, -0.05) is 57.9 Å². The summed E-state index contributed by atoms with van der Waals surface area (Å²) in [4.78, 5) is 0. The summed E-state index contributed by atoms with van der Waals surface area (Å²) in [7, 11) is 0. The summed E-state index contributed by atoms with van der Waals surface area (Å²) in [6, 6.07) is 18.1. The van der Waals surface area contributed by atoms with Crippen LogP contribution in [0.2, 0.25) is 5.02 Å². The van der Waals surface area contributed by atoms with Gasteiger partial charge >= 0.3 is 0 Å². The lowest BCUT2D eigenvalue weighted by Gasteiger charge is -2.14. The van der Waals surface area contributed by atoms with Crippen LogP contribution in [0.15, 0.2) is 54.6 Å². The van der Waals surface area contributed by atoms with Crippen LogP contribution >= 0.6 is 27.5 Å². The Labute approximate surface area is 140 Å². The molecule has 0 amide bonds. The van der Waals surface area contributed by atoms with Gasteiger partial charge in [0.05, 0.1) is 6.61 Å². The average Bonchev–Trinajstić information content (AvgIpc) is 2.53. The molecule has 0 aliphatic heterocycles. The normalized spacial score (nSPS) is 12.1. The maximum atomic E-state index is 5.92. The summed E-state index contributed by atoms with van der Waals surface area (Å²) in [6.07, 6.45) is 3.30. The number of alkyl halides is 1. The molecule has 1 unspecified atom stereocenters. The van der Waals surface area contributed by atoms with Crippen molar-refractivity contribution in [3.63, 3.8) is 0 Å². The molecular weight excluding hydrogens is 348 g/mol. The van der Waals surface area contributed by atoms with E-state index in [4.69, 9.17) is 16.3 Å². The van der Waals surface area contributed by atoms with Gasteiger partial charge in [0.25, 0.3) is 0 Å². The number of rotatable bonds is 8. The molecule has 2 aromatic rings. The smallest absolute Gasteiger partial charge is 0.119 e. The number of halogens is 2. The maximum absolute atomic E-state index is 5.92. The second-order valence-corrected chi connectivity index (χ2v) is 6.24. The van der Waals surface area contributed by atoms with Crippen LogP contribution in [-0.4, -0.2) is 11.9 Å². The van der Waals surface area contributed by atoms with Crippen molar-refractivity contribution in [3.05, 3.63) is 65.2 Å². The standard InChI is InChI=1S/C18H20BrClO/c19-14-16(13-15-8-10-17(20)11-9-15)5-4-12-21-18-6-2-1-3-7-18/h1-3,6-11,16H,4-5,12-14H2. The zero-order chi connectivity index (χ0) is 14.9. The Bertz CT molecular complexity index is 513. The maximum Gasteiger partial charge on any atom is 0.119 e. The Morgan fingerprint density at radius 1 is 1.00 bits per heavy atom. The minimum Gasteiger partial charge on any atom is -0.494 e. The molecule has 0 N–H and O–H groups in total. The predicted molar refractivity (Wildman–Crippen MR) is 93.6 cm³/mol. The van der Waals surface area contributed by atoms with E-state index in [1.165, 1.54) is 5.56 Å². The SMILES string of the molecule is Clc1ccc(CC(CBr)CCCOc2ccccc2)cc1. The molecule has 0 heterocycles. The van der Waals surface area contributed by atoms with Crippen molar-refractivity contribution >= 4 is 27.5 Å². The van der Waals surface area contributed by atoms with Gasteiger partial charge in [-0.2, -0.15) is 0 Å². The summed E-state index contributed by atoms with van der Waals surface area (Å²) >= 11 is 9.53. The van der Waals surface area contributed by atoms with Crippen molar-refractivity contribution in [3.8, 4) is 5.75 Å². The fraction of sp³-hybridized carbons (Fsp3) is 0.333. The molecule has 2 aromatic carbocycles. The van der Waals surface area contributed by atoms with Gasteiger partial charge in [0.15, 0.2) is 0 Å². The largest absolute Gasteiger partial charge is 0.494 e. The number of ether oxygens (including phenoxy) is 1. The Morgan fingerprint density at radius 2 is 1.71 bits per heavy atom. The first-order valence-electron chi connectivity index (χ1n) is 7.26. The molecule has 0 saturated heterocycles. The Balaban J connectivity index is 1.71. The molecule has 1 nitrogen and oxygen atoms in total. The van der Waals surface area contributed by atoms with E-state index in [-0.39, 0.29) is 0 Å². The van der Waals surface area contributed by atoms with E-state index < -0.39 is 0 Å². The minimum atomic E-state index is 0.630. The van der Waals surface area contributed by atoms with Gasteiger partial charge < -0.3 is 4.74 Å². The highest BCUT2D eigenvalue weighted by Crippen LogP contribution is 2.19. The van der Waals surface area contributed by atoms with Crippen molar-refractivity contribution in [2.45, 2.75) is 19.3 Å². The van der Waals surface area contributed by atoms with Crippen molar-refractivity contribution in [1.82, 2.24) is 0 Å². The second kappa shape index (κ2) is 9.11.